The number of fused-ring (bicyclic) bond motifs is 1. The largest absolute Gasteiger partial charge is 0.383 e. The zero-order valence-corrected chi connectivity index (χ0v) is 26.6. The molecule has 2 amide bonds. The Hall–Kier alpha value is -4.67. The van der Waals surface area contributed by atoms with Crippen molar-refractivity contribution in [1.82, 2.24) is 25.2 Å². The van der Waals surface area contributed by atoms with Crippen molar-refractivity contribution in [3.63, 3.8) is 0 Å². The number of H-pyrrole nitrogens is 1. The van der Waals surface area contributed by atoms with Gasteiger partial charge in [-0.05, 0) is 50.7 Å². The molecule has 1 aliphatic heterocycles. The van der Waals surface area contributed by atoms with Gasteiger partial charge in [-0.1, -0.05) is 63.1 Å². The quantitative estimate of drug-likeness (QED) is 0.107. The van der Waals surface area contributed by atoms with E-state index in [1.54, 1.807) is 6.20 Å². The summed E-state index contributed by atoms with van der Waals surface area (Å²) in [5, 5.41) is 16.0. The molecule has 0 aliphatic carbocycles. The molecule has 1 fully saturated rings. The SMILES string of the molecule is CC(C)(C)c1cc(Nc2ccc(-c3[nH]nc4c(/C=C/CCCCCCC(=O)N5CCCCC5)cnc(N)c34)cc2)no1.NC=O. The Kier molecular flexibility index (Phi) is 11.7. The highest BCUT2D eigenvalue weighted by Crippen LogP contribution is 2.33. The number of benzene rings is 1. The molecule has 11 heteroatoms. The maximum Gasteiger partial charge on any atom is 0.222 e. The topological polar surface area (TPSA) is 169 Å². The molecule has 0 unspecified atom stereocenters. The van der Waals surface area contributed by atoms with Gasteiger partial charge in [0, 0.05) is 54.0 Å². The average molecular weight is 615 g/mol. The van der Waals surface area contributed by atoms with Gasteiger partial charge in [0.2, 0.25) is 12.3 Å². The summed E-state index contributed by atoms with van der Waals surface area (Å²) in [4.78, 5) is 27.4. The van der Waals surface area contributed by atoms with Crippen molar-refractivity contribution in [1.29, 1.82) is 0 Å². The zero-order valence-electron chi connectivity index (χ0n) is 26.6. The number of nitrogens with two attached hydrogens (primary N) is 2. The highest BCUT2D eigenvalue weighted by Gasteiger charge is 2.20. The van der Waals surface area contributed by atoms with E-state index in [1.165, 1.54) is 6.42 Å². The highest BCUT2D eigenvalue weighted by molar-refractivity contribution is 6.03. The number of nitrogens with zero attached hydrogens (tertiary/aromatic N) is 4. The number of carbonyl (C=O) groups is 2. The maximum atomic E-state index is 12.3. The number of unbranched alkanes of at least 4 members (excludes halogenated alkanes) is 4. The minimum Gasteiger partial charge on any atom is -0.383 e. The molecule has 1 saturated heterocycles. The average Bonchev–Trinajstić information content (AvgIpc) is 3.69. The van der Waals surface area contributed by atoms with Crippen molar-refractivity contribution in [2.75, 3.05) is 24.1 Å². The molecule has 1 aromatic carbocycles. The third-order valence-corrected chi connectivity index (χ3v) is 7.85. The highest BCUT2D eigenvalue weighted by atomic mass is 16.5. The summed E-state index contributed by atoms with van der Waals surface area (Å²) in [5.74, 6) is 2.29. The van der Waals surface area contributed by atoms with Crippen molar-refractivity contribution >= 4 is 46.6 Å². The minimum absolute atomic E-state index is 0.102. The van der Waals surface area contributed by atoms with Gasteiger partial charge in [-0.15, -0.1) is 0 Å². The molecule has 6 N–H and O–H groups in total. The summed E-state index contributed by atoms with van der Waals surface area (Å²) in [6.45, 7) is 8.16. The molecule has 5 rings (SSSR count). The molecule has 11 nitrogen and oxygen atoms in total. The second-order valence-electron chi connectivity index (χ2n) is 12.4. The van der Waals surface area contributed by atoms with Crippen LogP contribution < -0.4 is 16.8 Å². The molecule has 0 radical (unpaired) electrons. The van der Waals surface area contributed by atoms with E-state index in [-0.39, 0.29) is 11.8 Å². The van der Waals surface area contributed by atoms with Crippen molar-refractivity contribution < 1.29 is 14.1 Å². The number of amides is 2. The number of piperidine rings is 1. The van der Waals surface area contributed by atoms with Crippen LogP contribution >= 0.6 is 0 Å². The van der Waals surface area contributed by atoms with E-state index in [2.05, 4.69) is 64.3 Å². The molecule has 4 heterocycles. The number of anilines is 3. The molecular formula is C34H46N8O3. The van der Waals surface area contributed by atoms with Crippen LogP contribution in [0.4, 0.5) is 17.3 Å². The number of carbonyl (C=O) groups excluding carboxylic acids is 2. The zero-order chi connectivity index (χ0) is 32.2. The monoisotopic (exact) mass is 614 g/mol. The van der Waals surface area contributed by atoms with E-state index in [0.29, 0.717) is 24.0 Å². The van der Waals surface area contributed by atoms with E-state index in [1.807, 2.05) is 35.2 Å². The van der Waals surface area contributed by atoms with E-state index in [0.717, 1.165) is 97.2 Å². The standard InChI is InChI=1S/C33H43N7O2.CH3NO/c1-33(2,3)26-21-27(39-42-26)36-25-17-15-23(16-18-25)30-29-31(38-37-30)24(22-35-32(29)34)13-9-6-4-5-7-10-14-28(41)40-19-11-8-12-20-40;2-1-3/h9,13,15-18,21-22H,4-8,10-12,14,19-20H2,1-3H3,(H2,34,35)(H,36,39)(H,37,38);1H,(H2,2,3)/b13-9+;. The number of pyridine rings is 1. The second kappa shape index (κ2) is 15.9. The van der Waals surface area contributed by atoms with E-state index < -0.39 is 0 Å². The number of aromatic amines is 1. The van der Waals surface area contributed by atoms with Crippen LogP contribution in [-0.2, 0) is 15.0 Å². The van der Waals surface area contributed by atoms with Gasteiger partial charge in [-0.25, -0.2) is 4.98 Å². The van der Waals surface area contributed by atoms with Gasteiger partial charge in [0.05, 0.1) is 11.1 Å². The van der Waals surface area contributed by atoms with Crippen LogP contribution in [0, 0.1) is 0 Å². The number of hydrogen-bond donors (Lipinski definition) is 4. The Bertz CT molecular complexity index is 1560. The summed E-state index contributed by atoms with van der Waals surface area (Å²) >= 11 is 0. The van der Waals surface area contributed by atoms with Gasteiger partial charge in [-0.2, -0.15) is 5.10 Å². The first-order valence-electron chi connectivity index (χ1n) is 15.8. The molecule has 1 aliphatic rings. The summed E-state index contributed by atoms with van der Waals surface area (Å²) in [7, 11) is 0. The Morgan fingerprint density at radius 1 is 1.09 bits per heavy atom. The van der Waals surface area contributed by atoms with Gasteiger partial charge in [-0.3, -0.25) is 14.7 Å². The van der Waals surface area contributed by atoms with Gasteiger partial charge in [0.15, 0.2) is 5.82 Å². The van der Waals surface area contributed by atoms with Crippen molar-refractivity contribution in [2.24, 2.45) is 5.73 Å². The normalized spacial score (nSPS) is 13.5. The summed E-state index contributed by atoms with van der Waals surface area (Å²) in [6.07, 6.45) is 15.8. The van der Waals surface area contributed by atoms with Crippen molar-refractivity contribution in [2.45, 2.75) is 84.0 Å². The predicted molar refractivity (Wildman–Crippen MR) is 180 cm³/mol. The molecular weight excluding hydrogens is 568 g/mol. The van der Waals surface area contributed by atoms with Crippen LogP contribution in [0.2, 0.25) is 0 Å². The van der Waals surface area contributed by atoms with Gasteiger partial charge in [0.25, 0.3) is 0 Å². The third-order valence-electron chi connectivity index (χ3n) is 7.85. The number of hydrogen-bond acceptors (Lipinski definition) is 8. The number of allylic oxidation sites excluding steroid dienone is 1. The van der Waals surface area contributed by atoms with Crippen LogP contribution in [0.15, 0.2) is 47.1 Å². The summed E-state index contributed by atoms with van der Waals surface area (Å²) in [6, 6.07) is 9.94. The van der Waals surface area contributed by atoms with Crippen LogP contribution in [0.5, 0.6) is 0 Å². The summed E-state index contributed by atoms with van der Waals surface area (Å²) < 4.78 is 5.48. The first-order chi connectivity index (χ1) is 21.7. The first kappa shape index (κ1) is 33.2. The molecule has 0 spiro atoms. The first-order valence-corrected chi connectivity index (χ1v) is 15.8. The van der Waals surface area contributed by atoms with Crippen molar-refractivity contribution in [3.05, 3.63) is 53.9 Å². The van der Waals surface area contributed by atoms with Crippen LogP contribution in [0.1, 0.15) is 89.9 Å². The molecule has 3 aromatic heterocycles. The fourth-order valence-electron chi connectivity index (χ4n) is 5.36. The lowest BCUT2D eigenvalue weighted by Crippen LogP contribution is -2.35. The van der Waals surface area contributed by atoms with Crippen LogP contribution in [-0.4, -0.2) is 50.6 Å². The fourth-order valence-corrected chi connectivity index (χ4v) is 5.36. The van der Waals surface area contributed by atoms with Crippen LogP contribution in [0.3, 0.4) is 0 Å². The number of aromatic nitrogens is 4. The lowest BCUT2D eigenvalue weighted by atomic mass is 9.93. The molecule has 45 heavy (non-hydrogen) atoms. The fraction of sp³-hybridized carbons (Fsp3) is 0.441. The number of nitrogen functional groups attached to an aromatic ring is 1. The van der Waals surface area contributed by atoms with E-state index >= 15 is 0 Å². The Labute approximate surface area is 264 Å². The molecule has 0 atom stereocenters. The van der Waals surface area contributed by atoms with Crippen molar-refractivity contribution in [3.8, 4) is 11.3 Å². The lowest BCUT2D eigenvalue weighted by molar-refractivity contribution is -0.132. The van der Waals surface area contributed by atoms with E-state index in [4.69, 9.17) is 15.1 Å². The number of nitrogens with one attached hydrogen (secondary N) is 2. The molecule has 240 valence electrons. The Morgan fingerprint density at radius 2 is 1.80 bits per heavy atom. The third kappa shape index (κ3) is 9.17. The molecule has 0 bridgehead atoms. The number of rotatable bonds is 11. The van der Waals surface area contributed by atoms with Gasteiger partial charge >= 0.3 is 0 Å². The number of primary amides is 1. The second-order valence-corrected chi connectivity index (χ2v) is 12.4. The maximum absolute atomic E-state index is 12.3. The molecule has 0 saturated carbocycles. The number of likely N-dealkylation sites (tertiary alicyclic amines) is 1. The Morgan fingerprint density at radius 3 is 2.49 bits per heavy atom. The summed E-state index contributed by atoms with van der Waals surface area (Å²) in [5.41, 5.74) is 14.8. The van der Waals surface area contributed by atoms with Gasteiger partial charge < -0.3 is 26.2 Å². The smallest absolute Gasteiger partial charge is 0.222 e. The van der Waals surface area contributed by atoms with E-state index in [9.17, 15) is 4.79 Å². The Balaban J connectivity index is 0.00000148. The van der Waals surface area contributed by atoms with Gasteiger partial charge in [0.1, 0.15) is 17.1 Å². The van der Waals surface area contributed by atoms with Crippen LogP contribution in [0.25, 0.3) is 28.2 Å². The predicted octanol–water partition coefficient (Wildman–Crippen LogP) is 6.70. The molecule has 4 aromatic rings. The minimum atomic E-state index is -0.102. The lowest BCUT2D eigenvalue weighted by Gasteiger charge is -2.26.